The van der Waals surface area contributed by atoms with Crippen molar-refractivity contribution in [2.24, 2.45) is 0 Å². The Balaban J connectivity index is 2.06. The third-order valence-corrected chi connectivity index (χ3v) is 3.51. The van der Waals surface area contributed by atoms with E-state index in [1.165, 1.54) is 30.4 Å². The molecule has 16 heavy (non-hydrogen) atoms. The van der Waals surface area contributed by atoms with Crippen LogP contribution in [0.25, 0.3) is 0 Å². The number of hydrogen-bond acceptors (Lipinski definition) is 1. The van der Waals surface area contributed by atoms with Crippen molar-refractivity contribution in [3.05, 3.63) is 35.4 Å². The molecule has 88 valence electrons. The van der Waals surface area contributed by atoms with Crippen LogP contribution in [0.1, 0.15) is 51.2 Å². The molecule has 0 aromatic heterocycles. The topological polar surface area (TPSA) is 12.0 Å². The molecule has 2 rings (SSSR count). The van der Waals surface area contributed by atoms with Crippen molar-refractivity contribution in [1.29, 1.82) is 0 Å². The van der Waals surface area contributed by atoms with Crippen LogP contribution in [0.15, 0.2) is 24.3 Å². The van der Waals surface area contributed by atoms with Gasteiger partial charge in [0.05, 0.1) is 0 Å². The Bertz CT molecular complexity index is 345. The van der Waals surface area contributed by atoms with Crippen molar-refractivity contribution < 1.29 is 0 Å². The van der Waals surface area contributed by atoms with Crippen LogP contribution in [0.2, 0.25) is 0 Å². The minimum absolute atomic E-state index is 0.248. The number of rotatable bonds is 3. The second-order valence-electron chi connectivity index (χ2n) is 5.92. The van der Waals surface area contributed by atoms with Crippen molar-refractivity contribution >= 4 is 0 Å². The Labute approximate surface area is 99.3 Å². The molecular weight excluding hydrogens is 194 g/mol. The number of nitrogens with one attached hydrogen (secondary N) is 1. The van der Waals surface area contributed by atoms with Crippen LogP contribution in [0, 0.1) is 0 Å². The summed E-state index contributed by atoms with van der Waals surface area (Å²) in [7, 11) is 0. The van der Waals surface area contributed by atoms with Crippen molar-refractivity contribution in [3.8, 4) is 0 Å². The van der Waals surface area contributed by atoms with E-state index in [1.54, 1.807) is 0 Å². The van der Waals surface area contributed by atoms with E-state index in [1.807, 2.05) is 0 Å². The summed E-state index contributed by atoms with van der Waals surface area (Å²) in [6, 6.07) is 9.58. The number of hydrogen-bond donors (Lipinski definition) is 1. The van der Waals surface area contributed by atoms with E-state index in [0.717, 1.165) is 12.6 Å². The average Bonchev–Trinajstić information content (AvgIpc) is 2.14. The van der Waals surface area contributed by atoms with E-state index in [2.05, 4.69) is 50.4 Å². The predicted molar refractivity (Wildman–Crippen MR) is 69.6 cm³/mol. The average molecular weight is 217 g/mol. The van der Waals surface area contributed by atoms with Gasteiger partial charge in [-0.3, -0.25) is 0 Å². The van der Waals surface area contributed by atoms with E-state index in [4.69, 9.17) is 0 Å². The van der Waals surface area contributed by atoms with Crippen molar-refractivity contribution in [1.82, 2.24) is 5.32 Å². The molecule has 1 fully saturated rings. The van der Waals surface area contributed by atoms with E-state index in [9.17, 15) is 0 Å². The van der Waals surface area contributed by atoms with Gasteiger partial charge in [0.2, 0.25) is 0 Å². The highest BCUT2D eigenvalue weighted by Gasteiger charge is 2.19. The minimum Gasteiger partial charge on any atom is -0.310 e. The zero-order valence-electron chi connectivity index (χ0n) is 10.7. The standard InChI is InChI=1S/C15H23N/c1-15(2,3)14-10-5-4-7-12(14)11-16-13-8-6-9-13/h4-5,7,10,13,16H,6,8-9,11H2,1-3H3. The molecule has 1 N–H and O–H groups in total. The normalized spacial score (nSPS) is 17.2. The molecule has 1 aromatic carbocycles. The fourth-order valence-electron chi connectivity index (χ4n) is 2.27. The van der Waals surface area contributed by atoms with Gasteiger partial charge in [0.15, 0.2) is 0 Å². The SMILES string of the molecule is CC(C)(C)c1ccccc1CNC1CCC1. The summed E-state index contributed by atoms with van der Waals surface area (Å²) in [5.41, 5.74) is 3.18. The van der Waals surface area contributed by atoms with E-state index in [-0.39, 0.29) is 5.41 Å². The summed E-state index contributed by atoms with van der Waals surface area (Å²) in [6.07, 6.45) is 4.12. The summed E-state index contributed by atoms with van der Waals surface area (Å²) in [4.78, 5) is 0. The van der Waals surface area contributed by atoms with E-state index < -0.39 is 0 Å². The molecule has 1 aliphatic carbocycles. The van der Waals surface area contributed by atoms with Gasteiger partial charge in [-0.2, -0.15) is 0 Å². The maximum Gasteiger partial charge on any atom is 0.0211 e. The smallest absolute Gasteiger partial charge is 0.0211 e. The molecule has 0 spiro atoms. The summed E-state index contributed by atoms with van der Waals surface area (Å²) < 4.78 is 0. The lowest BCUT2D eigenvalue weighted by Gasteiger charge is -2.28. The van der Waals surface area contributed by atoms with Crippen LogP contribution < -0.4 is 5.32 Å². The van der Waals surface area contributed by atoms with Gasteiger partial charge < -0.3 is 5.32 Å². The lowest BCUT2D eigenvalue weighted by atomic mass is 9.83. The molecule has 0 amide bonds. The Morgan fingerprint density at radius 2 is 1.88 bits per heavy atom. The Morgan fingerprint density at radius 1 is 1.19 bits per heavy atom. The van der Waals surface area contributed by atoms with E-state index >= 15 is 0 Å². The zero-order chi connectivity index (χ0) is 11.6. The molecular formula is C15H23N. The maximum atomic E-state index is 3.65. The van der Waals surface area contributed by atoms with Gasteiger partial charge >= 0.3 is 0 Å². The monoisotopic (exact) mass is 217 g/mol. The highest BCUT2D eigenvalue weighted by Crippen LogP contribution is 2.26. The Morgan fingerprint density at radius 3 is 2.44 bits per heavy atom. The molecule has 1 aliphatic rings. The molecule has 0 aliphatic heterocycles. The largest absolute Gasteiger partial charge is 0.310 e. The zero-order valence-corrected chi connectivity index (χ0v) is 10.7. The molecule has 1 saturated carbocycles. The van der Waals surface area contributed by atoms with Crippen LogP contribution in [-0.2, 0) is 12.0 Å². The van der Waals surface area contributed by atoms with Gasteiger partial charge in [0.1, 0.15) is 0 Å². The second-order valence-corrected chi connectivity index (χ2v) is 5.92. The molecule has 0 saturated heterocycles. The number of benzene rings is 1. The maximum absolute atomic E-state index is 3.65. The first-order valence-electron chi connectivity index (χ1n) is 6.39. The highest BCUT2D eigenvalue weighted by molar-refractivity contribution is 5.32. The van der Waals surface area contributed by atoms with Gasteiger partial charge in [-0.05, 0) is 29.4 Å². The summed E-state index contributed by atoms with van der Waals surface area (Å²) in [5, 5.41) is 3.65. The first-order valence-corrected chi connectivity index (χ1v) is 6.39. The quantitative estimate of drug-likeness (QED) is 0.815. The van der Waals surface area contributed by atoms with Crippen molar-refractivity contribution in [2.75, 3.05) is 0 Å². The Hall–Kier alpha value is -0.820. The molecule has 1 nitrogen and oxygen atoms in total. The highest BCUT2D eigenvalue weighted by atomic mass is 14.9. The summed E-state index contributed by atoms with van der Waals surface area (Å²) in [5.74, 6) is 0. The van der Waals surface area contributed by atoms with Gasteiger partial charge in [-0.15, -0.1) is 0 Å². The first kappa shape index (κ1) is 11.7. The predicted octanol–water partition coefficient (Wildman–Crippen LogP) is 3.63. The van der Waals surface area contributed by atoms with Crippen LogP contribution in [-0.4, -0.2) is 6.04 Å². The van der Waals surface area contributed by atoms with Gasteiger partial charge in [-0.25, -0.2) is 0 Å². The first-order chi connectivity index (χ1) is 7.57. The van der Waals surface area contributed by atoms with Gasteiger partial charge in [-0.1, -0.05) is 51.5 Å². The molecule has 0 atom stereocenters. The third-order valence-electron chi connectivity index (χ3n) is 3.51. The fourth-order valence-corrected chi connectivity index (χ4v) is 2.27. The van der Waals surface area contributed by atoms with Crippen LogP contribution in [0.5, 0.6) is 0 Å². The molecule has 1 heteroatoms. The third kappa shape index (κ3) is 2.65. The lowest BCUT2D eigenvalue weighted by Crippen LogP contribution is -2.35. The molecule has 0 bridgehead atoms. The molecule has 0 unspecified atom stereocenters. The van der Waals surface area contributed by atoms with E-state index in [0.29, 0.717) is 0 Å². The Kier molecular flexibility index (Phi) is 3.34. The summed E-state index contributed by atoms with van der Waals surface area (Å²) >= 11 is 0. The van der Waals surface area contributed by atoms with Crippen LogP contribution in [0.4, 0.5) is 0 Å². The molecule has 0 heterocycles. The molecule has 0 radical (unpaired) electrons. The minimum atomic E-state index is 0.248. The fraction of sp³-hybridized carbons (Fsp3) is 0.600. The molecule has 1 aromatic rings. The van der Waals surface area contributed by atoms with Crippen LogP contribution in [0.3, 0.4) is 0 Å². The summed E-state index contributed by atoms with van der Waals surface area (Å²) in [6.45, 7) is 7.89. The van der Waals surface area contributed by atoms with Gasteiger partial charge in [0, 0.05) is 12.6 Å². The van der Waals surface area contributed by atoms with Crippen LogP contribution >= 0.6 is 0 Å². The van der Waals surface area contributed by atoms with Crippen molar-refractivity contribution in [2.45, 2.75) is 58.0 Å². The second kappa shape index (κ2) is 4.58. The van der Waals surface area contributed by atoms with Crippen molar-refractivity contribution in [3.63, 3.8) is 0 Å². The van der Waals surface area contributed by atoms with Gasteiger partial charge in [0.25, 0.3) is 0 Å². The lowest BCUT2D eigenvalue weighted by molar-refractivity contribution is 0.337.